The van der Waals surface area contributed by atoms with E-state index in [1.165, 1.54) is 4.68 Å². The molecule has 0 saturated heterocycles. The summed E-state index contributed by atoms with van der Waals surface area (Å²) in [5.74, 6) is -2.20. The number of nitrogens with one attached hydrogen (secondary N) is 3. The highest BCUT2D eigenvalue weighted by Gasteiger charge is 2.50. The number of ether oxygens (including phenoxy) is 1. The van der Waals surface area contributed by atoms with Gasteiger partial charge in [-0.05, 0) is 52.9 Å². The maximum absolute atomic E-state index is 15.3. The van der Waals surface area contributed by atoms with E-state index < -0.39 is 46.5 Å². The van der Waals surface area contributed by atoms with Gasteiger partial charge in [-0.15, -0.1) is 0 Å². The number of alkyl carbamates (subject to hydrolysis) is 1. The number of Topliss-reactive ketones (excluding diaryl/α,β-unsaturated/α-hetero) is 1. The average molecular weight is 480 g/mol. The quantitative estimate of drug-likeness (QED) is 0.491. The lowest BCUT2D eigenvalue weighted by molar-refractivity contribution is -0.144. The summed E-state index contributed by atoms with van der Waals surface area (Å²) in [4.78, 5) is 51.1. The number of ketones is 1. The Kier molecular flexibility index (Phi) is 7.32. The maximum Gasteiger partial charge on any atom is 0.408 e. The highest BCUT2D eigenvalue weighted by molar-refractivity contribution is 6.44. The number of rotatable bonds is 8. The summed E-state index contributed by atoms with van der Waals surface area (Å²) in [5, 5.41) is 11.6. The van der Waals surface area contributed by atoms with Crippen LogP contribution in [0.5, 0.6) is 0 Å². The molecular weight excluding hydrogens is 445 g/mol. The van der Waals surface area contributed by atoms with Crippen LogP contribution in [0.3, 0.4) is 0 Å². The van der Waals surface area contributed by atoms with Crippen molar-refractivity contribution in [3.05, 3.63) is 12.3 Å². The summed E-state index contributed by atoms with van der Waals surface area (Å²) in [5.41, 5.74) is -3.80. The van der Waals surface area contributed by atoms with Crippen molar-refractivity contribution in [2.75, 3.05) is 5.32 Å². The Labute approximate surface area is 198 Å². The molecule has 11 heteroatoms. The van der Waals surface area contributed by atoms with Crippen molar-refractivity contribution in [2.45, 2.75) is 95.0 Å². The van der Waals surface area contributed by atoms with Crippen LogP contribution in [0.1, 0.15) is 72.1 Å². The standard InChI is InChI=1S/C23H34FN5O5/c1-21(2,3)34-20(33)25-15(14-22(24)9-5-6-10-22)18(31)27-23(11-7-12-23)17(30)19(32)26-16-8-13-29(4)28-16/h8,13,15H,5-7,9-12,14H2,1-4H3,(H,25,33)(H,27,31)(H,26,28,32)/t15-/m1/s1. The number of anilines is 1. The molecular formula is C23H34FN5O5. The molecule has 2 aliphatic rings. The Bertz CT molecular complexity index is 944. The van der Waals surface area contributed by atoms with Crippen molar-refractivity contribution in [1.29, 1.82) is 0 Å². The molecule has 0 unspecified atom stereocenters. The first-order valence-corrected chi connectivity index (χ1v) is 11.7. The van der Waals surface area contributed by atoms with Gasteiger partial charge in [0.05, 0.1) is 0 Å². The summed E-state index contributed by atoms with van der Waals surface area (Å²) < 4.78 is 22.0. The minimum atomic E-state index is -1.59. The Hall–Kier alpha value is -2.98. The monoisotopic (exact) mass is 479 g/mol. The molecule has 0 aromatic carbocycles. The number of hydrogen-bond donors (Lipinski definition) is 3. The largest absolute Gasteiger partial charge is 0.444 e. The highest BCUT2D eigenvalue weighted by Crippen LogP contribution is 2.38. The van der Waals surface area contributed by atoms with Gasteiger partial charge in [0.2, 0.25) is 11.7 Å². The van der Waals surface area contributed by atoms with Crippen LogP contribution in [-0.2, 0) is 26.2 Å². The number of nitrogens with zero attached hydrogens (tertiary/aromatic N) is 2. The fourth-order valence-electron chi connectivity index (χ4n) is 4.37. The normalized spacial score (nSPS) is 19.4. The van der Waals surface area contributed by atoms with Gasteiger partial charge in [-0.2, -0.15) is 5.10 Å². The second-order valence-electron chi connectivity index (χ2n) is 10.3. The van der Waals surface area contributed by atoms with Crippen LogP contribution in [0.2, 0.25) is 0 Å². The number of alkyl halides is 1. The fraction of sp³-hybridized carbons (Fsp3) is 0.696. The SMILES string of the molecule is Cn1ccc(NC(=O)C(=O)C2(NC(=O)[C@@H](CC3(F)CCCC3)NC(=O)OC(C)(C)C)CCC2)n1. The van der Waals surface area contributed by atoms with Gasteiger partial charge in [-0.1, -0.05) is 12.8 Å². The molecule has 2 aliphatic carbocycles. The van der Waals surface area contributed by atoms with Crippen molar-refractivity contribution in [3.8, 4) is 0 Å². The van der Waals surface area contributed by atoms with Crippen LogP contribution < -0.4 is 16.0 Å². The van der Waals surface area contributed by atoms with Crippen molar-refractivity contribution in [1.82, 2.24) is 20.4 Å². The van der Waals surface area contributed by atoms with Gasteiger partial charge in [-0.25, -0.2) is 9.18 Å². The topological polar surface area (TPSA) is 131 Å². The number of aromatic nitrogens is 2. The summed E-state index contributed by atoms with van der Waals surface area (Å²) in [6.45, 7) is 5.03. The van der Waals surface area contributed by atoms with Gasteiger partial charge in [0.25, 0.3) is 5.91 Å². The van der Waals surface area contributed by atoms with Crippen molar-refractivity contribution in [3.63, 3.8) is 0 Å². The minimum Gasteiger partial charge on any atom is -0.444 e. The predicted octanol–water partition coefficient (Wildman–Crippen LogP) is 2.53. The molecule has 2 saturated carbocycles. The smallest absolute Gasteiger partial charge is 0.408 e. The fourth-order valence-corrected chi connectivity index (χ4v) is 4.37. The van der Waals surface area contributed by atoms with E-state index in [1.54, 1.807) is 40.1 Å². The van der Waals surface area contributed by atoms with Gasteiger partial charge in [-0.3, -0.25) is 19.1 Å². The molecule has 0 spiro atoms. The van der Waals surface area contributed by atoms with E-state index in [2.05, 4.69) is 21.0 Å². The van der Waals surface area contributed by atoms with Crippen molar-refractivity contribution in [2.24, 2.45) is 7.05 Å². The molecule has 3 amide bonds. The van der Waals surface area contributed by atoms with Crippen LogP contribution >= 0.6 is 0 Å². The van der Waals surface area contributed by atoms with E-state index in [1.807, 2.05) is 0 Å². The van der Waals surface area contributed by atoms with Crippen LogP contribution in [0.4, 0.5) is 15.0 Å². The number of carbonyl (C=O) groups excluding carboxylic acids is 4. The number of amides is 3. The van der Waals surface area contributed by atoms with Crippen LogP contribution in [0, 0.1) is 0 Å². The lowest BCUT2D eigenvalue weighted by Crippen LogP contribution is -2.65. The summed E-state index contributed by atoms with van der Waals surface area (Å²) in [6.07, 6.45) is 3.70. The van der Waals surface area contributed by atoms with E-state index in [9.17, 15) is 19.2 Å². The number of aryl methyl sites for hydroxylation is 1. The molecule has 188 valence electrons. The van der Waals surface area contributed by atoms with Crippen LogP contribution in [0.15, 0.2) is 12.3 Å². The first-order valence-electron chi connectivity index (χ1n) is 11.7. The van der Waals surface area contributed by atoms with Crippen molar-refractivity contribution < 1.29 is 28.3 Å². The van der Waals surface area contributed by atoms with Gasteiger partial charge in [0, 0.05) is 25.7 Å². The number of carbonyl (C=O) groups is 4. The van der Waals surface area contributed by atoms with E-state index in [0.717, 1.165) is 0 Å². The van der Waals surface area contributed by atoms with Gasteiger partial charge in [0.1, 0.15) is 22.9 Å². The lowest BCUT2D eigenvalue weighted by Gasteiger charge is -2.41. The van der Waals surface area contributed by atoms with Crippen LogP contribution in [-0.4, -0.2) is 56.3 Å². The van der Waals surface area contributed by atoms with E-state index in [4.69, 9.17) is 4.74 Å². The van der Waals surface area contributed by atoms with Gasteiger partial charge >= 0.3 is 6.09 Å². The first-order chi connectivity index (χ1) is 15.8. The average Bonchev–Trinajstić information content (AvgIpc) is 3.30. The predicted molar refractivity (Wildman–Crippen MR) is 122 cm³/mol. The summed E-state index contributed by atoms with van der Waals surface area (Å²) in [7, 11) is 1.67. The summed E-state index contributed by atoms with van der Waals surface area (Å²) >= 11 is 0. The Morgan fingerprint density at radius 1 is 1.15 bits per heavy atom. The molecule has 1 heterocycles. The molecule has 0 radical (unpaired) electrons. The molecule has 0 bridgehead atoms. The maximum atomic E-state index is 15.3. The van der Waals surface area contributed by atoms with E-state index in [0.29, 0.717) is 32.1 Å². The zero-order valence-corrected chi connectivity index (χ0v) is 20.2. The van der Waals surface area contributed by atoms with Crippen LogP contribution in [0.25, 0.3) is 0 Å². The second kappa shape index (κ2) is 9.71. The Balaban J connectivity index is 1.72. The lowest BCUT2D eigenvalue weighted by atomic mass is 9.73. The Morgan fingerprint density at radius 3 is 2.29 bits per heavy atom. The van der Waals surface area contributed by atoms with Gasteiger partial charge < -0.3 is 20.7 Å². The zero-order valence-electron chi connectivity index (χ0n) is 20.2. The zero-order chi connectivity index (χ0) is 25.1. The third-order valence-electron chi connectivity index (χ3n) is 6.24. The van der Waals surface area contributed by atoms with Crippen molar-refractivity contribution >= 4 is 29.5 Å². The third-order valence-corrected chi connectivity index (χ3v) is 6.24. The highest BCUT2D eigenvalue weighted by atomic mass is 19.1. The van der Waals surface area contributed by atoms with Gasteiger partial charge in [0.15, 0.2) is 5.82 Å². The second-order valence-corrected chi connectivity index (χ2v) is 10.3. The first kappa shape index (κ1) is 25.6. The molecule has 1 atom stereocenters. The molecule has 0 aliphatic heterocycles. The third kappa shape index (κ3) is 6.32. The molecule has 3 rings (SSSR count). The van der Waals surface area contributed by atoms with E-state index >= 15 is 4.39 Å². The molecule has 1 aromatic heterocycles. The van der Waals surface area contributed by atoms with E-state index in [-0.39, 0.29) is 25.1 Å². The number of hydrogen-bond acceptors (Lipinski definition) is 6. The molecule has 3 N–H and O–H groups in total. The molecule has 1 aromatic rings. The molecule has 2 fully saturated rings. The summed E-state index contributed by atoms with van der Waals surface area (Å²) in [6, 6.07) is 0.294. The molecule has 34 heavy (non-hydrogen) atoms. The minimum absolute atomic E-state index is 0.215. The Morgan fingerprint density at radius 2 is 1.79 bits per heavy atom. The molecule has 10 nitrogen and oxygen atoms in total. The number of halogens is 1.